The fourth-order valence-electron chi connectivity index (χ4n) is 3.99. The summed E-state index contributed by atoms with van der Waals surface area (Å²) >= 11 is 1.83. The van der Waals surface area contributed by atoms with Crippen molar-refractivity contribution in [3.63, 3.8) is 0 Å². The molecule has 24 heavy (non-hydrogen) atoms. The van der Waals surface area contributed by atoms with Gasteiger partial charge in [0.1, 0.15) is 0 Å². The van der Waals surface area contributed by atoms with E-state index in [1.807, 2.05) is 16.2 Å². The number of carbonyl (C=O) groups is 1. The molecule has 7 heteroatoms. The van der Waals surface area contributed by atoms with Crippen molar-refractivity contribution in [3.05, 3.63) is 21.9 Å². The zero-order valence-electron chi connectivity index (χ0n) is 14.1. The van der Waals surface area contributed by atoms with Crippen molar-refractivity contribution in [1.82, 2.24) is 20.0 Å². The Morgan fingerprint density at radius 1 is 1.25 bits per heavy atom. The zero-order chi connectivity index (χ0) is 15.6. The van der Waals surface area contributed by atoms with Crippen LogP contribution in [0.2, 0.25) is 0 Å². The first kappa shape index (κ1) is 18.1. The Morgan fingerprint density at radius 3 is 2.83 bits per heavy atom. The van der Waals surface area contributed by atoms with Gasteiger partial charge in [0.25, 0.3) is 0 Å². The van der Waals surface area contributed by atoms with Crippen LogP contribution in [0, 0.1) is 0 Å². The Hall–Kier alpha value is -0.660. The van der Waals surface area contributed by atoms with E-state index in [4.69, 9.17) is 0 Å². The molecular weight excluding hydrogens is 344 g/mol. The monoisotopic (exact) mass is 370 g/mol. The first-order chi connectivity index (χ1) is 11.3. The summed E-state index contributed by atoms with van der Waals surface area (Å²) in [5.74, 6) is 0.304. The van der Waals surface area contributed by atoms with Crippen molar-refractivity contribution in [2.24, 2.45) is 0 Å². The van der Waals surface area contributed by atoms with Crippen LogP contribution in [0.1, 0.15) is 16.9 Å². The molecule has 4 heterocycles. The van der Waals surface area contributed by atoms with E-state index in [9.17, 15) is 4.79 Å². The van der Waals surface area contributed by atoms with Crippen molar-refractivity contribution in [2.45, 2.75) is 25.4 Å². The highest BCUT2D eigenvalue weighted by Gasteiger charge is 2.28. The molecule has 0 spiro atoms. The minimum absolute atomic E-state index is 0. The van der Waals surface area contributed by atoms with Crippen LogP contribution in [0.5, 0.6) is 0 Å². The molecule has 3 aliphatic rings. The molecule has 1 aromatic rings. The van der Waals surface area contributed by atoms with Crippen LogP contribution in [0.3, 0.4) is 0 Å². The number of fused-ring (bicyclic) bond motifs is 1. The number of nitrogens with one attached hydrogen (secondary N) is 1. The third kappa shape index (κ3) is 3.94. The maximum absolute atomic E-state index is 12.6. The number of hydrogen-bond acceptors (Lipinski definition) is 5. The summed E-state index contributed by atoms with van der Waals surface area (Å²) in [5, 5.41) is 5.60. The molecule has 3 aliphatic heterocycles. The third-order valence-electron chi connectivity index (χ3n) is 5.48. The highest BCUT2D eigenvalue weighted by Crippen LogP contribution is 2.24. The van der Waals surface area contributed by atoms with E-state index in [2.05, 4.69) is 26.6 Å². The molecule has 2 fully saturated rings. The Balaban J connectivity index is 0.00000169. The van der Waals surface area contributed by atoms with Crippen LogP contribution in [0.15, 0.2) is 11.4 Å². The summed E-state index contributed by atoms with van der Waals surface area (Å²) in [7, 11) is 0. The van der Waals surface area contributed by atoms with Crippen LogP contribution in [0.25, 0.3) is 0 Å². The fraction of sp³-hybridized carbons (Fsp3) is 0.706. The quantitative estimate of drug-likeness (QED) is 0.862. The second kappa shape index (κ2) is 8.15. The van der Waals surface area contributed by atoms with Crippen LogP contribution in [-0.2, 0) is 17.8 Å². The van der Waals surface area contributed by atoms with Gasteiger partial charge in [-0.05, 0) is 36.4 Å². The van der Waals surface area contributed by atoms with Gasteiger partial charge in [0.05, 0.1) is 6.54 Å². The highest BCUT2D eigenvalue weighted by atomic mass is 35.5. The minimum atomic E-state index is 0. The van der Waals surface area contributed by atoms with E-state index in [1.54, 1.807) is 0 Å². The lowest BCUT2D eigenvalue weighted by Crippen LogP contribution is -2.53. The number of thiophene rings is 1. The molecule has 0 aromatic carbocycles. The van der Waals surface area contributed by atoms with Gasteiger partial charge in [-0.2, -0.15) is 0 Å². The SMILES string of the molecule is Cl.O=C(CN1CCN(C2CCNC2)CC1)N1CCc2sccc2C1. The molecule has 0 bridgehead atoms. The normalized spacial score (nSPS) is 25.3. The number of carbonyl (C=O) groups excluding carboxylic acids is 1. The van der Waals surface area contributed by atoms with Gasteiger partial charge in [-0.15, -0.1) is 23.7 Å². The summed E-state index contributed by atoms with van der Waals surface area (Å²) in [5.41, 5.74) is 1.35. The minimum Gasteiger partial charge on any atom is -0.337 e. The number of nitrogens with zero attached hydrogens (tertiary/aromatic N) is 3. The van der Waals surface area contributed by atoms with Crippen LogP contribution in [-0.4, -0.2) is 79.0 Å². The molecule has 1 aromatic heterocycles. The van der Waals surface area contributed by atoms with Gasteiger partial charge in [0.2, 0.25) is 5.91 Å². The van der Waals surface area contributed by atoms with Crippen LogP contribution in [0.4, 0.5) is 0 Å². The Morgan fingerprint density at radius 2 is 2.08 bits per heavy atom. The molecule has 5 nitrogen and oxygen atoms in total. The Labute approximate surface area is 154 Å². The highest BCUT2D eigenvalue weighted by molar-refractivity contribution is 7.10. The van der Waals surface area contributed by atoms with Crippen molar-refractivity contribution in [2.75, 3.05) is 52.4 Å². The van der Waals surface area contributed by atoms with Gasteiger partial charge < -0.3 is 10.2 Å². The largest absolute Gasteiger partial charge is 0.337 e. The molecule has 0 radical (unpaired) electrons. The second-order valence-electron chi connectivity index (χ2n) is 6.89. The van der Waals surface area contributed by atoms with Gasteiger partial charge >= 0.3 is 0 Å². The standard InChI is InChI=1S/C17H26N4OS.ClH/c22-17(21-5-2-16-14(12-21)3-10-23-16)13-19-6-8-20(9-7-19)15-1-4-18-11-15;/h3,10,15,18H,1-2,4-9,11-13H2;1H. The summed E-state index contributed by atoms with van der Waals surface area (Å²) < 4.78 is 0. The molecule has 2 saturated heterocycles. The second-order valence-corrected chi connectivity index (χ2v) is 7.89. The maximum Gasteiger partial charge on any atom is 0.237 e. The van der Waals surface area contributed by atoms with E-state index in [1.165, 1.54) is 16.9 Å². The average Bonchev–Trinajstić information content (AvgIpc) is 3.26. The number of hydrogen-bond donors (Lipinski definition) is 1. The van der Waals surface area contributed by atoms with E-state index < -0.39 is 0 Å². The van der Waals surface area contributed by atoms with Gasteiger partial charge in [-0.1, -0.05) is 0 Å². The van der Waals surface area contributed by atoms with Gasteiger partial charge in [0, 0.05) is 56.7 Å². The predicted molar refractivity (Wildman–Crippen MR) is 100.0 cm³/mol. The summed E-state index contributed by atoms with van der Waals surface area (Å²) in [6, 6.07) is 2.89. The van der Waals surface area contributed by atoms with E-state index in [-0.39, 0.29) is 12.4 Å². The van der Waals surface area contributed by atoms with Crippen molar-refractivity contribution in [3.8, 4) is 0 Å². The van der Waals surface area contributed by atoms with Crippen molar-refractivity contribution in [1.29, 1.82) is 0 Å². The van der Waals surface area contributed by atoms with Gasteiger partial charge in [-0.3, -0.25) is 14.6 Å². The first-order valence-electron chi connectivity index (χ1n) is 8.80. The summed E-state index contributed by atoms with van der Waals surface area (Å²) in [4.78, 5) is 21.0. The van der Waals surface area contributed by atoms with E-state index >= 15 is 0 Å². The predicted octanol–water partition coefficient (Wildman–Crippen LogP) is 1.03. The molecule has 1 amide bonds. The Bertz CT molecular complexity index is 553. The van der Waals surface area contributed by atoms with E-state index in [0.717, 1.165) is 58.8 Å². The van der Waals surface area contributed by atoms with E-state index in [0.29, 0.717) is 18.5 Å². The lowest BCUT2D eigenvalue weighted by molar-refractivity contribution is -0.133. The lowest BCUT2D eigenvalue weighted by atomic mass is 10.1. The zero-order valence-corrected chi connectivity index (χ0v) is 15.7. The fourth-order valence-corrected chi connectivity index (χ4v) is 4.88. The average molecular weight is 371 g/mol. The molecule has 1 atom stereocenters. The number of piperazine rings is 1. The number of amides is 1. The van der Waals surface area contributed by atoms with Crippen LogP contribution >= 0.6 is 23.7 Å². The molecule has 0 aliphatic carbocycles. The lowest BCUT2D eigenvalue weighted by Gasteiger charge is -2.38. The molecule has 1 unspecified atom stereocenters. The maximum atomic E-state index is 12.6. The Kier molecular flexibility index (Phi) is 6.16. The molecule has 0 saturated carbocycles. The third-order valence-corrected chi connectivity index (χ3v) is 6.50. The molecule has 4 rings (SSSR count). The van der Waals surface area contributed by atoms with Gasteiger partial charge in [0.15, 0.2) is 0 Å². The summed E-state index contributed by atoms with van der Waals surface area (Å²) in [6.45, 7) is 8.85. The summed E-state index contributed by atoms with van der Waals surface area (Å²) in [6.07, 6.45) is 2.30. The smallest absolute Gasteiger partial charge is 0.237 e. The number of halogens is 1. The van der Waals surface area contributed by atoms with Crippen molar-refractivity contribution >= 4 is 29.7 Å². The van der Waals surface area contributed by atoms with Gasteiger partial charge in [-0.25, -0.2) is 0 Å². The first-order valence-corrected chi connectivity index (χ1v) is 9.68. The molecule has 134 valence electrons. The molecule has 1 N–H and O–H groups in total. The van der Waals surface area contributed by atoms with Crippen LogP contribution < -0.4 is 5.32 Å². The topological polar surface area (TPSA) is 38.8 Å². The van der Waals surface area contributed by atoms with Crippen molar-refractivity contribution < 1.29 is 4.79 Å². The number of rotatable bonds is 3. The molecular formula is C17H27ClN4OS.